The Kier molecular flexibility index (Phi) is 3.85. The van der Waals surface area contributed by atoms with Gasteiger partial charge in [-0.2, -0.15) is 0 Å². The quantitative estimate of drug-likeness (QED) is 0.945. The second-order valence-electron chi connectivity index (χ2n) is 6.87. The minimum atomic E-state index is 0.0878. The maximum atomic E-state index is 12.2. The highest BCUT2D eigenvalue weighted by molar-refractivity contribution is 5.67. The van der Waals surface area contributed by atoms with Crippen LogP contribution in [0.5, 0.6) is 0 Å². The Morgan fingerprint density at radius 1 is 1.09 bits per heavy atom. The fourth-order valence-electron chi connectivity index (χ4n) is 4.06. The molecule has 0 amide bonds. The molecule has 2 aromatic rings. The predicted molar refractivity (Wildman–Crippen MR) is 90.7 cm³/mol. The summed E-state index contributed by atoms with van der Waals surface area (Å²) in [5, 5.41) is 0. The van der Waals surface area contributed by atoms with Gasteiger partial charge in [-0.15, -0.1) is 0 Å². The van der Waals surface area contributed by atoms with Gasteiger partial charge in [0.1, 0.15) is 11.5 Å². The van der Waals surface area contributed by atoms with Crippen LogP contribution in [0.4, 0.5) is 0 Å². The number of rotatable bonds is 3. The van der Waals surface area contributed by atoms with Crippen molar-refractivity contribution in [1.82, 2.24) is 9.88 Å². The Morgan fingerprint density at radius 3 is 2.61 bits per heavy atom. The highest BCUT2D eigenvalue weighted by Crippen LogP contribution is 2.33. The van der Waals surface area contributed by atoms with E-state index in [9.17, 15) is 4.79 Å². The van der Waals surface area contributed by atoms with Crippen LogP contribution in [-0.2, 0) is 19.4 Å². The number of likely N-dealkylation sites (tertiary alicyclic amines) is 1. The van der Waals surface area contributed by atoms with Crippen molar-refractivity contribution < 1.29 is 4.42 Å². The second-order valence-corrected chi connectivity index (χ2v) is 6.87. The Bertz CT molecular complexity index is 766. The molecule has 23 heavy (non-hydrogen) atoms. The van der Waals surface area contributed by atoms with E-state index in [1.165, 1.54) is 31.5 Å². The molecule has 0 unspecified atom stereocenters. The average Bonchev–Trinajstić information content (AvgIpc) is 3.20. The summed E-state index contributed by atoms with van der Waals surface area (Å²) in [4.78, 5) is 17.7. The van der Waals surface area contributed by atoms with Crippen LogP contribution >= 0.6 is 0 Å². The topological polar surface area (TPSA) is 49.2 Å². The molecule has 0 atom stereocenters. The molecule has 4 rings (SSSR count). The second kappa shape index (κ2) is 6.00. The molecule has 0 spiro atoms. The molecule has 0 bridgehead atoms. The normalized spacial score (nSPS) is 18.3. The molecule has 1 aliphatic heterocycles. The van der Waals surface area contributed by atoms with Crippen LogP contribution in [0.1, 0.15) is 48.3 Å². The Labute approximate surface area is 136 Å². The number of pyridine rings is 1. The third-order valence-electron chi connectivity index (χ3n) is 5.21. The van der Waals surface area contributed by atoms with E-state index in [4.69, 9.17) is 4.42 Å². The SMILES string of the molecule is Cc1[nH]c(=O)c2c(c1-c1ccc(CN3CCCC3)o1)CCCC2. The zero-order valence-corrected chi connectivity index (χ0v) is 13.8. The van der Waals surface area contributed by atoms with Crippen molar-refractivity contribution in [3.05, 3.63) is 45.1 Å². The number of aromatic nitrogens is 1. The number of hydrogen-bond acceptors (Lipinski definition) is 3. The minimum absolute atomic E-state index is 0.0878. The van der Waals surface area contributed by atoms with Crippen LogP contribution in [-0.4, -0.2) is 23.0 Å². The maximum absolute atomic E-state index is 12.2. The first kappa shape index (κ1) is 14.8. The van der Waals surface area contributed by atoms with Gasteiger partial charge in [-0.05, 0) is 76.2 Å². The lowest BCUT2D eigenvalue weighted by atomic mass is 9.88. The predicted octanol–water partition coefficient (Wildman–Crippen LogP) is 3.42. The first-order valence-corrected chi connectivity index (χ1v) is 8.78. The first-order chi connectivity index (χ1) is 11.2. The van der Waals surface area contributed by atoms with Crippen molar-refractivity contribution in [3.8, 4) is 11.3 Å². The van der Waals surface area contributed by atoms with Crippen molar-refractivity contribution in [2.24, 2.45) is 0 Å². The molecule has 4 heteroatoms. The third kappa shape index (κ3) is 2.76. The highest BCUT2D eigenvalue weighted by atomic mass is 16.3. The van der Waals surface area contributed by atoms with E-state index in [0.717, 1.165) is 60.6 Å². The van der Waals surface area contributed by atoms with Crippen molar-refractivity contribution in [3.63, 3.8) is 0 Å². The molecule has 1 fully saturated rings. The van der Waals surface area contributed by atoms with Crippen molar-refractivity contribution in [2.75, 3.05) is 13.1 Å². The Balaban J connectivity index is 1.70. The third-order valence-corrected chi connectivity index (χ3v) is 5.21. The summed E-state index contributed by atoms with van der Waals surface area (Å²) in [5.41, 5.74) is 4.31. The standard InChI is InChI=1S/C19H24N2O2/c1-13-18(15-6-2-3-7-16(15)19(22)20-13)17-9-8-14(23-17)12-21-10-4-5-11-21/h8-9H,2-7,10-12H2,1H3,(H,20,22). The number of hydrogen-bond donors (Lipinski definition) is 1. The lowest BCUT2D eigenvalue weighted by molar-refractivity contribution is 0.299. The molecule has 4 nitrogen and oxygen atoms in total. The molecule has 1 N–H and O–H groups in total. The van der Waals surface area contributed by atoms with E-state index in [-0.39, 0.29) is 5.56 Å². The molecule has 2 aliphatic rings. The molecule has 122 valence electrons. The summed E-state index contributed by atoms with van der Waals surface area (Å²) < 4.78 is 6.15. The van der Waals surface area contributed by atoms with Crippen LogP contribution < -0.4 is 5.56 Å². The van der Waals surface area contributed by atoms with Gasteiger partial charge in [0.15, 0.2) is 0 Å². The minimum Gasteiger partial charge on any atom is -0.460 e. The number of nitrogens with zero attached hydrogens (tertiary/aromatic N) is 1. The molecule has 1 aliphatic carbocycles. The summed E-state index contributed by atoms with van der Waals surface area (Å²) in [6, 6.07) is 4.16. The largest absolute Gasteiger partial charge is 0.460 e. The lowest BCUT2D eigenvalue weighted by Gasteiger charge is -2.19. The van der Waals surface area contributed by atoms with Crippen molar-refractivity contribution >= 4 is 0 Å². The first-order valence-electron chi connectivity index (χ1n) is 8.78. The van der Waals surface area contributed by atoms with Crippen LogP contribution in [0, 0.1) is 6.92 Å². The maximum Gasteiger partial charge on any atom is 0.251 e. The van der Waals surface area contributed by atoms with E-state index in [0.29, 0.717) is 0 Å². The summed E-state index contributed by atoms with van der Waals surface area (Å²) in [6.45, 7) is 5.21. The Morgan fingerprint density at radius 2 is 1.83 bits per heavy atom. The van der Waals surface area contributed by atoms with Crippen LogP contribution in [0.3, 0.4) is 0 Å². The summed E-state index contributed by atoms with van der Waals surface area (Å²) in [5.74, 6) is 1.93. The fraction of sp³-hybridized carbons (Fsp3) is 0.526. The van der Waals surface area contributed by atoms with Gasteiger partial charge in [0, 0.05) is 16.8 Å². The number of aromatic amines is 1. The zero-order chi connectivity index (χ0) is 15.8. The van der Waals surface area contributed by atoms with Crippen molar-refractivity contribution in [1.29, 1.82) is 0 Å². The fourth-order valence-corrected chi connectivity index (χ4v) is 4.06. The molecular formula is C19H24N2O2. The van der Waals surface area contributed by atoms with Gasteiger partial charge in [0.05, 0.1) is 6.54 Å². The molecule has 3 heterocycles. The van der Waals surface area contributed by atoms with E-state index in [2.05, 4.69) is 22.0 Å². The van der Waals surface area contributed by atoms with Gasteiger partial charge in [-0.3, -0.25) is 9.69 Å². The number of fused-ring (bicyclic) bond motifs is 1. The molecule has 2 aromatic heterocycles. The number of aryl methyl sites for hydroxylation is 1. The smallest absolute Gasteiger partial charge is 0.251 e. The van der Waals surface area contributed by atoms with E-state index in [1.807, 2.05) is 6.92 Å². The van der Waals surface area contributed by atoms with Gasteiger partial charge in [0.2, 0.25) is 0 Å². The van der Waals surface area contributed by atoms with E-state index >= 15 is 0 Å². The molecule has 0 saturated carbocycles. The number of furan rings is 1. The number of nitrogens with one attached hydrogen (secondary N) is 1. The molecule has 0 aromatic carbocycles. The zero-order valence-electron chi connectivity index (χ0n) is 13.8. The van der Waals surface area contributed by atoms with Crippen LogP contribution in [0.15, 0.2) is 21.3 Å². The molecular weight excluding hydrogens is 288 g/mol. The van der Waals surface area contributed by atoms with Gasteiger partial charge >= 0.3 is 0 Å². The van der Waals surface area contributed by atoms with Gasteiger partial charge in [-0.1, -0.05) is 0 Å². The summed E-state index contributed by atoms with van der Waals surface area (Å²) >= 11 is 0. The van der Waals surface area contributed by atoms with E-state index < -0.39 is 0 Å². The van der Waals surface area contributed by atoms with Gasteiger partial charge in [-0.25, -0.2) is 0 Å². The van der Waals surface area contributed by atoms with Crippen LogP contribution in [0.2, 0.25) is 0 Å². The van der Waals surface area contributed by atoms with Gasteiger partial charge < -0.3 is 9.40 Å². The summed E-state index contributed by atoms with van der Waals surface area (Å²) in [6.07, 6.45) is 6.72. The molecule has 0 radical (unpaired) electrons. The monoisotopic (exact) mass is 312 g/mol. The van der Waals surface area contributed by atoms with Gasteiger partial charge in [0.25, 0.3) is 5.56 Å². The average molecular weight is 312 g/mol. The Hall–Kier alpha value is -1.81. The van der Waals surface area contributed by atoms with E-state index in [1.54, 1.807) is 0 Å². The number of H-pyrrole nitrogens is 1. The highest BCUT2D eigenvalue weighted by Gasteiger charge is 2.22. The molecule has 1 saturated heterocycles. The van der Waals surface area contributed by atoms with Crippen molar-refractivity contribution in [2.45, 2.75) is 52.0 Å². The lowest BCUT2D eigenvalue weighted by Crippen LogP contribution is -2.21. The summed E-state index contributed by atoms with van der Waals surface area (Å²) in [7, 11) is 0. The van der Waals surface area contributed by atoms with Crippen LogP contribution in [0.25, 0.3) is 11.3 Å².